The molecule has 10 atom stereocenters. The number of fused-ring (bicyclic) bond motifs is 1. The van der Waals surface area contributed by atoms with Crippen LogP contribution in [0.1, 0.15) is 155 Å². The number of hydrogen-bond acceptors (Lipinski definition) is 9. The summed E-state index contributed by atoms with van der Waals surface area (Å²) in [6.07, 6.45) is 2.35. The SMILES string of the molecule is CC[C@H](C)[C@@H]1NC(=O)[C@@H]2CCCN2C(=O)[C@H](CC(C)C)NC(=O)[C@H](C(C)C)NC(=O)[C@H](CC(C)C)NC(=O)[C@H](C)NC(=O)[C@H](CC(C)C)NC(=O)[C@H](CC(C)C)NC(=O)[C@H](CC(C)C)NC1=O. The second kappa shape index (κ2) is 27.3. The van der Waals surface area contributed by atoms with Crippen LogP contribution < -0.4 is 42.5 Å². The van der Waals surface area contributed by atoms with E-state index in [1.54, 1.807) is 13.8 Å². The van der Waals surface area contributed by atoms with E-state index in [1.165, 1.54) is 11.8 Å². The first kappa shape index (κ1) is 58.4. The Bertz CT molecular complexity index is 1720. The molecule has 2 aliphatic rings. The smallest absolute Gasteiger partial charge is 0.245 e. The van der Waals surface area contributed by atoms with Gasteiger partial charge < -0.3 is 47.4 Å². The summed E-state index contributed by atoms with van der Waals surface area (Å²) in [7, 11) is 0. The predicted octanol–water partition coefficient (Wildman–Crippen LogP) is 2.82. The maximum atomic E-state index is 14.5. The van der Waals surface area contributed by atoms with E-state index in [0.29, 0.717) is 19.3 Å². The molecule has 0 radical (unpaired) electrons. The maximum absolute atomic E-state index is 14.5. The topological polar surface area (TPSA) is 253 Å². The summed E-state index contributed by atoms with van der Waals surface area (Å²) in [5, 5.41) is 22.6. The van der Waals surface area contributed by atoms with Crippen molar-refractivity contribution >= 4 is 53.2 Å². The lowest BCUT2D eigenvalue weighted by Crippen LogP contribution is -2.61. The Morgan fingerprint density at radius 3 is 1.19 bits per heavy atom. The average Bonchev–Trinajstić information content (AvgIpc) is 3.71. The highest BCUT2D eigenvalue weighted by molar-refractivity contribution is 5.99. The van der Waals surface area contributed by atoms with E-state index in [1.807, 2.05) is 83.1 Å². The minimum atomic E-state index is -1.15. The molecule has 0 saturated carbocycles. The van der Waals surface area contributed by atoms with Crippen molar-refractivity contribution in [2.75, 3.05) is 6.54 Å². The van der Waals surface area contributed by atoms with Crippen LogP contribution in [-0.2, 0) is 43.2 Å². The van der Waals surface area contributed by atoms with Gasteiger partial charge in [-0.05, 0) is 93.3 Å². The number of hydrogen-bond donors (Lipinski definition) is 8. The number of carbonyl (C=O) groups excluding carboxylic acids is 9. The van der Waals surface area contributed by atoms with Gasteiger partial charge in [-0.2, -0.15) is 0 Å². The zero-order chi connectivity index (χ0) is 51.0. The summed E-state index contributed by atoms with van der Waals surface area (Å²) in [4.78, 5) is 129. The first-order chi connectivity index (χ1) is 31.2. The lowest BCUT2D eigenvalue weighted by Gasteiger charge is -2.33. The molecule has 18 nitrogen and oxygen atoms in total. The highest BCUT2D eigenvalue weighted by Gasteiger charge is 2.42. The first-order valence-corrected chi connectivity index (χ1v) is 24.9. The fourth-order valence-corrected chi connectivity index (χ4v) is 8.49. The Balaban J connectivity index is 2.76. The molecule has 2 fully saturated rings. The monoisotopic (exact) mass is 946 g/mol. The average molecular weight is 946 g/mol. The Morgan fingerprint density at radius 1 is 0.433 bits per heavy atom. The molecule has 0 unspecified atom stereocenters. The molecule has 2 saturated heterocycles. The minimum absolute atomic E-state index is 0.0568. The molecule has 0 aromatic carbocycles. The van der Waals surface area contributed by atoms with E-state index in [2.05, 4.69) is 42.5 Å². The van der Waals surface area contributed by atoms with Crippen molar-refractivity contribution in [3.8, 4) is 0 Å². The summed E-state index contributed by atoms with van der Waals surface area (Å²) >= 11 is 0. The zero-order valence-corrected chi connectivity index (χ0v) is 43.2. The molecule has 2 heterocycles. The summed E-state index contributed by atoms with van der Waals surface area (Å²) in [5.74, 6) is -6.61. The Hall–Kier alpha value is -4.77. The molecule has 0 spiro atoms. The van der Waals surface area contributed by atoms with Crippen molar-refractivity contribution in [2.24, 2.45) is 41.4 Å². The van der Waals surface area contributed by atoms with Crippen molar-refractivity contribution in [3.05, 3.63) is 0 Å². The van der Waals surface area contributed by atoms with Gasteiger partial charge in [0.15, 0.2) is 0 Å². The fourth-order valence-electron chi connectivity index (χ4n) is 8.49. The van der Waals surface area contributed by atoms with Crippen LogP contribution >= 0.6 is 0 Å². The number of amides is 9. The van der Waals surface area contributed by atoms with Crippen LogP contribution in [0.4, 0.5) is 0 Å². The molecule has 2 rings (SSSR count). The highest BCUT2D eigenvalue weighted by Crippen LogP contribution is 2.22. The molecule has 382 valence electrons. The van der Waals surface area contributed by atoms with E-state index >= 15 is 0 Å². The quantitative estimate of drug-likeness (QED) is 0.135. The molecular formula is C49H87N9O9. The van der Waals surface area contributed by atoms with Crippen LogP contribution in [-0.4, -0.2) is 119 Å². The van der Waals surface area contributed by atoms with Gasteiger partial charge in [-0.25, -0.2) is 0 Å². The van der Waals surface area contributed by atoms with E-state index < -0.39 is 113 Å². The van der Waals surface area contributed by atoms with Gasteiger partial charge in [-0.1, -0.05) is 103 Å². The summed E-state index contributed by atoms with van der Waals surface area (Å²) in [6.45, 7) is 27.7. The third kappa shape index (κ3) is 18.7. The molecular weight excluding hydrogens is 859 g/mol. The van der Waals surface area contributed by atoms with Crippen LogP contribution in [0.5, 0.6) is 0 Å². The molecule has 0 bridgehead atoms. The lowest BCUT2D eigenvalue weighted by molar-refractivity contribution is -0.143. The van der Waals surface area contributed by atoms with Gasteiger partial charge in [-0.15, -0.1) is 0 Å². The van der Waals surface area contributed by atoms with Crippen molar-refractivity contribution in [1.82, 2.24) is 47.4 Å². The Kier molecular flexibility index (Phi) is 23.8. The van der Waals surface area contributed by atoms with E-state index in [-0.39, 0.29) is 74.2 Å². The van der Waals surface area contributed by atoms with E-state index in [4.69, 9.17) is 0 Å². The van der Waals surface area contributed by atoms with Gasteiger partial charge in [0, 0.05) is 6.54 Å². The standard InChI is InChI=1S/C49H87N9O9/c1-16-31(14)40-48(66)54-35(22-27(6)7)44(62)53-34(21-26(4)5)43(61)52-33(20-25(2)3)42(60)50-32(15)41(59)51-36(23-28(8)9)45(63)56-39(30(12)13)47(65)55-37(24-29(10)11)49(67)58-19-17-18-38(58)46(64)57-40/h25-40H,16-24H2,1-15H3,(H,50,60)(H,51,59)(H,52,61)(H,53,62)(H,54,66)(H,55,65)(H,56,63)(H,57,64)/t31-,32-,33-,34-,35-,36-,37-,38-,39-,40-/m0/s1. The molecule has 0 aliphatic carbocycles. The fraction of sp³-hybridized carbons (Fsp3) is 0.816. The third-order valence-corrected chi connectivity index (χ3v) is 12.3. The van der Waals surface area contributed by atoms with E-state index in [0.717, 1.165) is 0 Å². The Morgan fingerprint density at radius 2 is 0.776 bits per heavy atom. The normalized spacial score (nSPS) is 28.1. The molecule has 67 heavy (non-hydrogen) atoms. The molecule has 9 amide bonds. The van der Waals surface area contributed by atoms with Crippen LogP contribution in [0, 0.1) is 41.4 Å². The zero-order valence-electron chi connectivity index (χ0n) is 43.2. The van der Waals surface area contributed by atoms with Crippen LogP contribution in [0.25, 0.3) is 0 Å². The van der Waals surface area contributed by atoms with Crippen molar-refractivity contribution in [3.63, 3.8) is 0 Å². The molecule has 18 heteroatoms. The second-order valence-electron chi connectivity index (χ2n) is 21.5. The maximum Gasteiger partial charge on any atom is 0.245 e. The summed E-state index contributed by atoms with van der Waals surface area (Å²) in [5.41, 5.74) is 0. The molecule has 0 aromatic heterocycles. The highest BCUT2D eigenvalue weighted by atomic mass is 16.2. The van der Waals surface area contributed by atoms with Gasteiger partial charge in [0.05, 0.1) is 0 Å². The largest absolute Gasteiger partial charge is 0.343 e. The lowest BCUT2D eigenvalue weighted by atomic mass is 9.95. The number of rotatable bonds is 13. The van der Waals surface area contributed by atoms with Crippen LogP contribution in [0.3, 0.4) is 0 Å². The van der Waals surface area contributed by atoms with Gasteiger partial charge in [0.2, 0.25) is 53.2 Å². The third-order valence-electron chi connectivity index (χ3n) is 12.3. The van der Waals surface area contributed by atoms with Gasteiger partial charge in [0.25, 0.3) is 0 Å². The van der Waals surface area contributed by atoms with Gasteiger partial charge in [-0.3, -0.25) is 43.2 Å². The number of nitrogens with zero attached hydrogens (tertiary/aromatic N) is 1. The molecule has 8 N–H and O–H groups in total. The summed E-state index contributed by atoms with van der Waals surface area (Å²) in [6, 6.07) is -9.78. The van der Waals surface area contributed by atoms with Crippen LogP contribution in [0.2, 0.25) is 0 Å². The number of carbonyl (C=O) groups is 9. The van der Waals surface area contributed by atoms with Gasteiger partial charge >= 0.3 is 0 Å². The van der Waals surface area contributed by atoms with Crippen molar-refractivity contribution in [2.45, 2.75) is 210 Å². The van der Waals surface area contributed by atoms with Crippen molar-refractivity contribution in [1.29, 1.82) is 0 Å². The first-order valence-electron chi connectivity index (χ1n) is 24.9. The molecule has 2 aliphatic heterocycles. The van der Waals surface area contributed by atoms with Crippen molar-refractivity contribution < 1.29 is 43.2 Å². The minimum Gasteiger partial charge on any atom is -0.343 e. The summed E-state index contributed by atoms with van der Waals surface area (Å²) < 4.78 is 0. The number of nitrogens with one attached hydrogen (secondary N) is 8. The molecule has 0 aromatic rings. The predicted molar refractivity (Wildman–Crippen MR) is 257 cm³/mol. The van der Waals surface area contributed by atoms with E-state index in [9.17, 15) is 43.2 Å². The van der Waals surface area contributed by atoms with Crippen LogP contribution in [0.15, 0.2) is 0 Å². The van der Waals surface area contributed by atoms with Gasteiger partial charge in [0.1, 0.15) is 54.4 Å². The second-order valence-corrected chi connectivity index (χ2v) is 21.5. The Labute approximate surface area is 400 Å².